The Hall–Kier alpha value is -1.77. The predicted octanol–water partition coefficient (Wildman–Crippen LogP) is 3.56. The highest BCUT2D eigenvalue weighted by Crippen LogP contribution is 2.37. The number of methoxy groups -OCH3 is 1. The normalized spacial score (nSPS) is 18.7. The van der Waals surface area contributed by atoms with Gasteiger partial charge in [-0.2, -0.15) is 0 Å². The van der Waals surface area contributed by atoms with Crippen molar-refractivity contribution in [2.75, 3.05) is 7.11 Å². The molecule has 1 N–H and O–H groups in total. The molecule has 1 aliphatic carbocycles. The average Bonchev–Trinajstić information content (AvgIpc) is 2.73. The minimum absolute atomic E-state index is 0.237. The van der Waals surface area contributed by atoms with Crippen LogP contribution in [0, 0.1) is 19.8 Å². The first kappa shape index (κ1) is 12.3. The van der Waals surface area contributed by atoms with Gasteiger partial charge in [-0.1, -0.05) is 6.92 Å². The number of hydrogen-bond donors (Lipinski definition) is 1. The number of aromatic nitrogens is 1. The summed E-state index contributed by atoms with van der Waals surface area (Å²) >= 11 is 0. The molecule has 2 aromatic rings. The zero-order valence-corrected chi connectivity index (χ0v) is 11.9. The van der Waals surface area contributed by atoms with E-state index in [0.29, 0.717) is 12.3 Å². The molecule has 1 aliphatic rings. The standard InChI is InChI=1S/C16H19NO2/c1-8-5-11-12-7-14(19-4)9(2)10(3)15(12)17-16(11)13(18)6-8/h7-8,17H,5-6H2,1-4H3. The molecule has 0 amide bonds. The fraction of sp³-hybridized carbons (Fsp3) is 0.438. The van der Waals surface area contributed by atoms with Gasteiger partial charge in [-0.05, 0) is 48.9 Å². The van der Waals surface area contributed by atoms with Gasteiger partial charge in [0.25, 0.3) is 0 Å². The summed E-state index contributed by atoms with van der Waals surface area (Å²) in [7, 11) is 1.69. The SMILES string of the molecule is COc1cc2c3c([nH]c2c(C)c1C)C(=O)CC(C)C3. The van der Waals surface area contributed by atoms with Crippen molar-refractivity contribution in [3.05, 3.63) is 28.5 Å². The van der Waals surface area contributed by atoms with Gasteiger partial charge in [-0.3, -0.25) is 4.79 Å². The van der Waals surface area contributed by atoms with Gasteiger partial charge in [0.15, 0.2) is 5.78 Å². The van der Waals surface area contributed by atoms with Crippen LogP contribution in [0.2, 0.25) is 0 Å². The fourth-order valence-corrected chi connectivity index (χ4v) is 3.12. The molecular weight excluding hydrogens is 238 g/mol. The van der Waals surface area contributed by atoms with Crippen molar-refractivity contribution in [2.24, 2.45) is 5.92 Å². The summed E-state index contributed by atoms with van der Waals surface area (Å²) in [5, 5.41) is 1.15. The van der Waals surface area contributed by atoms with E-state index in [1.165, 1.54) is 11.1 Å². The molecule has 100 valence electrons. The Morgan fingerprint density at radius 3 is 2.68 bits per heavy atom. The number of nitrogens with one attached hydrogen (secondary N) is 1. The quantitative estimate of drug-likeness (QED) is 0.848. The first-order valence-corrected chi connectivity index (χ1v) is 6.74. The summed E-state index contributed by atoms with van der Waals surface area (Å²) in [5.74, 6) is 1.56. The van der Waals surface area contributed by atoms with Gasteiger partial charge in [0.2, 0.25) is 0 Å². The number of H-pyrrole nitrogens is 1. The van der Waals surface area contributed by atoms with Gasteiger partial charge >= 0.3 is 0 Å². The van der Waals surface area contributed by atoms with Crippen LogP contribution in [-0.2, 0) is 6.42 Å². The van der Waals surface area contributed by atoms with Crippen LogP contribution in [-0.4, -0.2) is 17.9 Å². The molecule has 0 fully saturated rings. The van der Waals surface area contributed by atoms with E-state index in [1.807, 2.05) is 0 Å². The van der Waals surface area contributed by atoms with Crippen LogP contribution in [0.4, 0.5) is 0 Å². The van der Waals surface area contributed by atoms with Crippen molar-refractivity contribution >= 4 is 16.7 Å². The number of benzene rings is 1. The third-order valence-electron chi connectivity index (χ3n) is 4.31. The van der Waals surface area contributed by atoms with E-state index < -0.39 is 0 Å². The Bertz CT molecular complexity index is 682. The van der Waals surface area contributed by atoms with Gasteiger partial charge in [0.05, 0.1) is 12.8 Å². The van der Waals surface area contributed by atoms with E-state index in [0.717, 1.165) is 34.3 Å². The molecule has 0 aliphatic heterocycles. The van der Waals surface area contributed by atoms with Gasteiger partial charge in [0, 0.05) is 17.3 Å². The number of aromatic amines is 1. The van der Waals surface area contributed by atoms with E-state index in [-0.39, 0.29) is 5.78 Å². The molecule has 0 saturated heterocycles. The van der Waals surface area contributed by atoms with Crippen LogP contribution in [0.15, 0.2) is 6.07 Å². The van der Waals surface area contributed by atoms with Crippen molar-refractivity contribution < 1.29 is 9.53 Å². The number of ether oxygens (including phenoxy) is 1. The Labute approximate surface area is 113 Å². The second-order valence-electron chi connectivity index (χ2n) is 5.67. The first-order valence-electron chi connectivity index (χ1n) is 6.74. The number of rotatable bonds is 1. The number of hydrogen-bond acceptors (Lipinski definition) is 2. The molecule has 1 aromatic heterocycles. The van der Waals surface area contributed by atoms with Crippen LogP contribution in [0.1, 0.15) is 40.5 Å². The second kappa shape index (κ2) is 4.12. The predicted molar refractivity (Wildman–Crippen MR) is 76.1 cm³/mol. The van der Waals surface area contributed by atoms with Crippen molar-refractivity contribution in [1.82, 2.24) is 4.98 Å². The van der Waals surface area contributed by atoms with Crippen molar-refractivity contribution in [2.45, 2.75) is 33.6 Å². The number of fused-ring (bicyclic) bond motifs is 3. The highest BCUT2D eigenvalue weighted by Gasteiger charge is 2.27. The van der Waals surface area contributed by atoms with Gasteiger partial charge < -0.3 is 9.72 Å². The van der Waals surface area contributed by atoms with E-state index in [1.54, 1.807) is 7.11 Å². The van der Waals surface area contributed by atoms with Crippen molar-refractivity contribution in [3.8, 4) is 5.75 Å². The summed E-state index contributed by atoms with van der Waals surface area (Å²) in [6.07, 6.45) is 1.61. The zero-order valence-electron chi connectivity index (χ0n) is 11.9. The fourth-order valence-electron chi connectivity index (χ4n) is 3.12. The Morgan fingerprint density at radius 2 is 2.00 bits per heavy atom. The summed E-state index contributed by atoms with van der Waals surface area (Å²) in [4.78, 5) is 15.5. The smallest absolute Gasteiger partial charge is 0.179 e. The molecular formula is C16H19NO2. The number of ketones is 1. The van der Waals surface area contributed by atoms with Crippen LogP contribution in [0.25, 0.3) is 10.9 Å². The lowest BCUT2D eigenvalue weighted by atomic mass is 9.86. The Balaban J connectivity index is 2.35. The Kier molecular flexibility index (Phi) is 2.66. The largest absolute Gasteiger partial charge is 0.496 e. The van der Waals surface area contributed by atoms with Crippen LogP contribution in [0.3, 0.4) is 0 Å². The highest BCUT2D eigenvalue weighted by molar-refractivity contribution is 6.04. The van der Waals surface area contributed by atoms with Gasteiger partial charge in [0.1, 0.15) is 5.75 Å². The monoisotopic (exact) mass is 257 g/mol. The molecule has 0 spiro atoms. The lowest BCUT2D eigenvalue weighted by Crippen LogP contribution is -2.17. The molecule has 1 unspecified atom stereocenters. The molecule has 3 rings (SSSR count). The summed E-state index contributed by atoms with van der Waals surface area (Å²) in [5.41, 5.74) is 5.37. The molecule has 3 nitrogen and oxygen atoms in total. The van der Waals surface area contributed by atoms with Gasteiger partial charge in [-0.25, -0.2) is 0 Å². The number of aryl methyl sites for hydroxylation is 1. The van der Waals surface area contributed by atoms with E-state index in [2.05, 4.69) is 31.8 Å². The molecule has 19 heavy (non-hydrogen) atoms. The molecule has 0 radical (unpaired) electrons. The van der Waals surface area contributed by atoms with E-state index >= 15 is 0 Å². The van der Waals surface area contributed by atoms with Gasteiger partial charge in [-0.15, -0.1) is 0 Å². The minimum atomic E-state index is 0.237. The molecule has 1 heterocycles. The molecule has 0 saturated carbocycles. The summed E-state index contributed by atoms with van der Waals surface area (Å²) in [6.45, 7) is 6.27. The van der Waals surface area contributed by atoms with Crippen LogP contribution < -0.4 is 4.74 Å². The number of carbonyl (C=O) groups excluding carboxylic acids is 1. The minimum Gasteiger partial charge on any atom is -0.496 e. The summed E-state index contributed by atoms with van der Waals surface area (Å²) in [6, 6.07) is 2.07. The molecule has 1 aromatic carbocycles. The highest BCUT2D eigenvalue weighted by atomic mass is 16.5. The summed E-state index contributed by atoms with van der Waals surface area (Å²) < 4.78 is 5.45. The lowest BCUT2D eigenvalue weighted by Gasteiger charge is -2.17. The first-order chi connectivity index (χ1) is 9.02. The van der Waals surface area contributed by atoms with Crippen LogP contribution >= 0.6 is 0 Å². The van der Waals surface area contributed by atoms with Crippen molar-refractivity contribution in [1.29, 1.82) is 0 Å². The Morgan fingerprint density at radius 1 is 1.26 bits per heavy atom. The topological polar surface area (TPSA) is 42.1 Å². The zero-order chi connectivity index (χ0) is 13.7. The second-order valence-corrected chi connectivity index (χ2v) is 5.67. The van der Waals surface area contributed by atoms with E-state index in [9.17, 15) is 4.79 Å². The third-order valence-corrected chi connectivity index (χ3v) is 4.31. The maximum absolute atomic E-state index is 12.2. The molecule has 3 heteroatoms. The average molecular weight is 257 g/mol. The van der Waals surface area contributed by atoms with E-state index in [4.69, 9.17) is 4.74 Å². The maximum Gasteiger partial charge on any atom is 0.179 e. The number of Topliss-reactive ketones (excluding diaryl/α,β-unsaturated/α-hetero) is 1. The maximum atomic E-state index is 12.2. The van der Waals surface area contributed by atoms with Crippen molar-refractivity contribution in [3.63, 3.8) is 0 Å². The van der Waals surface area contributed by atoms with Crippen LogP contribution in [0.5, 0.6) is 5.75 Å². The third kappa shape index (κ3) is 1.68. The molecule has 0 bridgehead atoms. The lowest BCUT2D eigenvalue weighted by molar-refractivity contribution is 0.0949. The molecule has 1 atom stereocenters. The number of carbonyl (C=O) groups is 1.